The fourth-order valence-electron chi connectivity index (χ4n) is 1.42. The van der Waals surface area contributed by atoms with E-state index in [2.05, 4.69) is 4.72 Å². The maximum atomic E-state index is 12.7. The maximum Gasteiger partial charge on any atom is 0.216 e. The summed E-state index contributed by atoms with van der Waals surface area (Å²) in [4.78, 5) is 0. The van der Waals surface area contributed by atoms with Gasteiger partial charge in [-0.2, -0.15) is 0 Å². The van der Waals surface area contributed by atoms with Crippen molar-refractivity contribution >= 4 is 10.0 Å². The van der Waals surface area contributed by atoms with E-state index in [4.69, 9.17) is 9.84 Å². The molecule has 0 aromatic heterocycles. The number of halogens is 1. The van der Waals surface area contributed by atoms with Gasteiger partial charge in [-0.15, -0.1) is 0 Å². The lowest BCUT2D eigenvalue weighted by molar-refractivity contribution is 0.139. The number of ether oxygens (including phenoxy) is 1. The third-order valence-electron chi connectivity index (χ3n) is 2.20. The zero-order chi connectivity index (χ0) is 13.6. The lowest BCUT2D eigenvalue weighted by atomic mass is 10.2. The van der Waals surface area contributed by atoms with Crippen LogP contribution in [-0.4, -0.2) is 39.9 Å². The Hall–Kier alpha value is -1.02. The van der Waals surface area contributed by atoms with Crippen LogP contribution in [0.1, 0.15) is 5.56 Å². The van der Waals surface area contributed by atoms with Crippen molar-refractivity contribution in [3.63, 3.8) is 0 Å². The summed E-state index contributed by atoms with van der Waals surface area (Å²) in [5.74, 6) is -0.690. The van der Waals surface area contributed by atoms with Gasteiger partial charge in [-0.3, -0.25) is 0 Å². The van der Waals surface area contributed by atoms with Crippen LogP contribution in [0.3, 0.4) is 0 Å². The van der Waals surface area contributed by atoms with Gasteiger partial charge in [0.25, 0.3) is 0 Å². The van der Waals surface area contributed by atoms with Gasteiger partial charge in [0.2, 0.25) is 10.0 Å². The number of benzene rings is 1. The summed E-state index contributed by atoms with van der Waals surface area (Å²) in [6.07, 6.45) is 0. The first-order chi connectivity index (χ1) is 8.46. The van der Waals surface area contributed by atoms with Gasteiger partial charge in [0, 0.05) is 7.11 Å². The van der Waals surface area contributed by atoms with E-state index in [0.29, 0.717) is 5.56 Å². The van der Waals surface area contributed by atoms with Crippen molar-refractivity contribution in [2.24, 2.45) is 0 Å². The van der Waals surface area contributed by atoms with Crippen molar-refractivity contribution < 1.29 is 22.7 Å². The second-order valence-corrected chi connectivity index (χ2v) is 5.59. The summed E-state index contributed by atoms with van der Waals surface area (Å²) in [7, 11) is -2.18. The molecule has 1 rings (SSSR count). The van der Waals surface area contributed by atoms with Gasteiger partial charge in [0.05, 0.1) is 25.0 Å². The van der Waals surface area contributed by atoms with Crippen LogP contribution in [0.5, 0.6) is 0 Å². The molecule has 102 valence electrons. The molecule has 1 aromatic carbocycles. The van der Waals surface area contributed by atoms with E-state index in [0.717, 1.165) is 0 Å². The second-order valence-electron chi connectivity index (χ2n) is 3.84. The second kappa shape index (κ2) is 6.79. The fourth-order valence-corrected chi connectivity index (χ4v) is 2.79. The Kier molecular flexibility index (Phi) is 5.67. The quantitative estimate of drug-likeness (QED) is 0.749. The van der Waals surface area contributed by atoms with E-state index in [-0.39, 0.29) is 19.0 Å². The largest absolute Gasteiger partial charge is 0.395 e. The molecule has 0 fully saturated rings. The van der Waals surface area contributed by atoms with Gasteiger partial charge in [-0.25, -0.2) is 17.5 Å². The molecule has 0 aliphatic heterocycles. The highest BCUT2D eigenvalue weighted by molar-refractivity contribution is 7.88. The highest BCUT2D eigenvalue weighted by atomic mass is 32.2. The molecule has 0 aliphatic rings. The van der Waals surface area contributed by atoms with Gasteiger partial charge >= 0.3 is 0 Å². The van der Waals surface area contributed by atoms with Crippen LogP contribution in [-0.2, 0) is 20.5 Å². The Balaban J connectivity index is 2.66. The van der Waals surface area contributed by atoms with Gasteiger partial charge in [-0.1, -0.05) is 12.1 Å². The van der Waals surface area contributed by atoms with Gasteiger partial charge in [0.15, 0.2) is 0 Å². The first kappa shape index (κ1) is 15.0. The number of aliphatic hydroxyl groups is 1. The first-order valence-corrected chi connectivity index (χ1v) is 6.96. The van der Waals surface area contributed by atoms with Gasteiger partial charge in [0.1, 0.15) is 5.82 Å². The number of aliphatic hydroxyl groups excluding tert-OH is 1. The molecule has 1 unspecified atom stereocenters. The number of hydrogen-bond donors (Lipinski definition) is 2. The van der Waals surface area contributed by atoms with E-state index >= 15 is 0 Å². The molecule has 0 bridgehead atoms. The zero-order valence-corrected chi connectivity index (χ0v) is 10.8. The third-order valence-corrected chi connectivity index (χ3v) is 3.61. The predicted molar refractivity (Wildman–Crippen MR) is 64.9 cm³/mol. The summed E-state index contributed by atoms with van der Waals surface area (Å²) in [5, 5.41) is 8.97. The van der Waals surface area contributed by atoms with Crippen molar-refractivity contribution in [2.45, 2.75) is 11.8 Å². The zero-order valence-electron chi connectivity index (χ0n) is 9.97. The minimum absolute atomic E-state index is 0.0825. The van der Waals surface area contributed by atoms with Crippen LogP contribution >= 0.6 is 0 Å². The normalized spacial score (nSPS) is 13.5. The molecule has 2 N–H and O–H groups in total. The van der Waals surface area contributed by atoms with Crippen LogP contribution < -0.4 is 4.72 Å². The molecule has 18 heavy (non-hydrogen) atoms. The molecule has 7 heteroatoms. The molecule has 1 aromatic rings. The highest BCUT2D eigenvalue weighted by Crippen LogP contribution is 2.07. The highest BCUT2D eigenvalue weighted by Gasteiger charge is 2.17. The number of rotatable bonds is 7. The van der Waals surface area contributed by atoms with Gasteiger partial charge < -0.3 is 9.84 Å². The van der Waals surface area contributed by atoms with E-state index in [9.17, 15) is 12.8 Å². The van der Waals surface area contributed by atoms with Crippen molar-refractivity contribution in [2.75, 3.05) is 20.3 Å². The average Bonchev–Trinajstić information content (AvgIpc) is 2.31. The van der Waals surface area contributed by atoms with Crippen LogP contribution in [0.2, 0.25) is 0 Å². The average molecular weight is 277 g/mol. The summed E-state index contributed by atoms with van der Waals surface area (Å²) in [6, 6.07) is 4.52. The number of hydrogen-bond acceptors (Lipinski definition) is 4. The topological polar surface area (TPSA) is 75.6 Å². The molecule has 0 radical (unpaired) electrons. The van der Waals surface area contributed by atoms with E-state index < -0.39 is 21.9 Å². The summed E-state index contributed by atoms with van der Waals surface area (Å²) >= 11 is 0. The molecule has 0 amide bonds. The Morgan fingerprint density at radius 3 is 2.50 bits per heavy atom. The van der Waals surface area contributed by atoms with E-state index in [1.165, 1.54) is 31.4 Å². The van der Waals surface area contributed by atoms with E-state index in [1.807, 2.05) is 0 Å². The van der Waals surface area contributed by atoms with Crippen LogP contribution in [0, 0.1) is 5.82 Å². The first-order valence-electron chi connectivity index (χ1n) is 5.31. The predicted octanol–water partition coefficient (Wildman–Crippen LogP) is 0.252. The van der Waals surface area contributed by atoms with Gasteiger partial charge in [-0.05, 0) is 17.7 Å². The Morgan fingerprint density at radius 1 is 1.39 bits per heavy atom. The van der Waals surface area contributed by atoms with Crippen LogP contribution in [0.25, 0.3) is 0 Å². The SMILES string of the molecule is COCC(CO)NS(=O)(=O)Cc1ccc(F)cc1. The standard InChI is InChI=1S/C11H16FNO4S/c1-17-7-11(6-14)13-18(15,16)8-9-2-4-10(12)5-3-9/h2-5,11,13-14H,6-8H2,1H3. The minimum atomic E-state index is -3.59. The van der Waals surface area contributed by atoms with Crippen molar-refractivity contribution in [1.82, 2.24) is 4.72 Å². The van der Waals surface area contributed by atoms with Crippen LogP contribution in [0.4, 0.5) is 4.39 Å². The molecule has 0 spiro atoms. The van der Waals surface area contributed by atoms with Crippen molar-refractivity contribution in [3.05, 3.63) is 35.6 Å². The number of methoxy groups -OCH3 is 1. The van der Waals surface area contributed by atoms with Crippen LogP contribution in [0.15, 0.2) is 24.3 Å². The lowest BCUT2D eigenvalue weighted by Gasteiger charge is -2.15. The maximum absolute atomic E-state index is 12.7. The Labute approximate surface area is 106 Å². The molecular formula is C11H16FNO4S. The molecule has 0 saturated heterocycles. The van der Waals surface area contributed by atoms with E-state index in [1.54, 1.807) is 0 Å². The molecular weight excluding hydrogens is 261 g/mol. The summed E-state index contributed by atoms with van der Waals surface area (Å²) in [5.41, 5.74) is 0.470. The molecule has 0 saturated carbocycles. The van der Waals surface area contributed by atoms with Crippen molar-refractivity contribution in [1.29, 1.82) is 0 Å². The minimum Gasteiger partial charge on any atom is -0.395 e. The molecule has 1 atom stereocenters. The Morgan fingerprint density at radius 2 is 2.00 bits per heavy atom. The van der Waals surface area contributed by atoms with Crippen molar-refractivity contribution in [3.8, 4) is 0 Å². The smallest absolute Gasteiger partial charge is 0.216 e. The molecule has 5 nitrogen and oxygen atoms in total. The molecule has 0 heterocycles. The fraction of sp³-hybridized carbons (Fsp3) is 0.455. The summed E-state index contributed by atoms with van der Waals surface area (Å²) in [6.45, 7) is -0.268. The summed E-state index contributed by atoms with van der Waals surface area (Å²) < 4.78 is 43.3. The lowest BCUT2D eigenvalue weighted by Crippen LogP contribution is -2.41. The monoisotopic (exact) mass is 277 g/mol. The molecule has 0 aliphatic carbocycles. The Bertz CT molecular complexity index is 460. The number of sulfonamides is 1. The number of nitrogens with one attached hydrogen (secondary N) is 1. The third kappa shape index (κ3) is 5.09.